The lowest BCUT2D eigenvalue weighted by atomic mass is 10.1. The van der Waals surface area contributed by atoms with Crippen LogP contribution < -0.4 is 5.56 Å². The molecule has 0 aliphatic rings. The second-order valence-electron chi connectivity index (χ2n) is 5.72. The molecule has 0 saturated heterocycles. The summed E-state index contributed by atoms with van der Waals surface area (Å²) in [5.74, 6) is 0.605. The Bertz CT molecular complexity index is 694. The molecule has 5 heteroatoms. The lowest BCUT2D eigenvalue weighted by Gasteiger charge is -2.26. The number of methoxy groups -OCH3 is 1. The summed E-state index contributed by atoms with van der Waals surface area (Å²) in [6.07, 6.45) is 0.708. The lowest BCUT2D eigenvalue weighted by molar-refractivity contribution is 0.00655. The van der Waals surface area contributed by atoms with Crippen LogP contribution >= 0.6 is 11.6 Å². The Kier molecular flexibility index (Phi) is 4.69. The van der Waals surface area contributed by atoms with Gasteiger partial charge in [0.25, 0.3) is 5.56 Å². The van der Waals surface area contributed by atoms with E-state index in [1.165, 1.54) is 0 Å². The second kappa shape index (κ2) is 6.16. The molecule has 1 aromatic carbocycles. The van der Waals surface area contributed by atoms with Gasteiger partial charge in [-0.3, -0.25) is 9.36 Å². The van der Waals surface area contributed by atoms with Crippen LogP contribution in [-0.2, 0) is 11.3 Å². The maximum Gasteiger partial charge on any atom is 0.261 e. The number of nitrogens with zero attached hydrogens (tertiary/aromatic N) is 2. The lowest BCUT2D eigenvalue weighted by Crippen LogP contribution is -2.37. The van der Waals surface area contributed by atoms with Gasteiger partial charge < -0.3 is 4.74 Å². The van der Waals surface area contributed by atoms with Crippen LogP contribution in [0, 0.1) is 0 Å². The van der Waals surface area contributed by atoms with Gasteiger partial charge in [0.05, 0.1) is 28.4 Å². The van der Waals surface area contributed by atoms with E-state index >= 15 is 0 Å². The molecule has 2 aromatic rings. The number of hydrogen-bond donors (Lipinski definition) is 0. The van der Waals surface area contributed by atoms with E-state index in [0.29, 0.717) is 29.7 Å². The van der Waals surface area contributed by atoms with E-state index in [2.05, 4.69) is 4.98 Å². The first-order valence-corrected chi connectivity index (χ1v) is 7.52. The van der Waals surface area contributed by atoms with Gasteiger partial charge in [0.2, 0.25) is 0 Å². The van der Waals surface area contributed by atoms with Crippen molar-refractivity contribution in [2.24, 2.45) is 0 Å². The van der Waals surface area contributed by atoms with E-state index in [1.54, 1.807) is 17.7 Å². The topological polar surface area (TPSA) is 44.1 Å². The number of rotatable bonds is 5. The molecule has 0 saturated carbocycles. The minimum atomic E-state index is -0.465. The minimum absolute atomic E-state index is 0.0696. The molecule has 0 amide bonds. The van der Waals surface area contributed by atoms with Crippen molar-refractivity contribution in [3.05, 3.63) is 40.4 Å². The average Bonchev–Trinajstić information content (AvgIpc) is 2.49. The fourth-order valence-corrected chi connectivity index (χ4v) is 2.37. The van der Waals surface area contributed by atoms with Crippen LogP contribution in [0.25, 0.3) is 10.9 Å². The summed E-state index contributed by atoms with van der Waals surface area (Å²) < 4.78 is 7.09. The van der Waals surface area contributed by atoms with Crippen molar-refractivity contribution in [1.82, 2.24) is 9.55 Å². The molecular formula is C16H21ClN2O2. The molecule has 0 fully saturated rings. The largest absolute Gasteiger partial charge is 0.377 e. The molecule has 4 nitrogen and oxygen atoms in total. The van der Waals surface area contributed by atoms with Crippen LogP contribution in [0.15, 0.2) is 29.1 Å². The molecule has 2 rings (SSSR count). The highest BCUT2D eigenvalue weighted by atomic mass is 35.5. The number of aromatic nitrogens is 2. The number of halogens is 1. The Hall–Kier alpha value is -1.39. The van der Waals surface area contributed by atoms with Crippen LogP contribution in [0.5, 0.6) is 0 Å². The Balaban J connectivity index is 2.70. The summed E-state index contributed by atoms with van der Waals surface area (Å²) in [5.41, 5.74) is 0.149. The van der Waals surface area contributed by atoms with Gasteiger partial charge in [-0.25, -0.2) is 4.98 Å². The molecule has 0 bridgehead atoms. The quantitative estimate of drug-likeness (QED) is 0.794. The smallest absolute Gasteiger partial charge is 0.261 e. The Morgan fingerprint density at radius 1 is 1.38 bits per heavy atom. The zero-order valence-corrected chi connectivity index (χ0v) is 13.6. The van der Waals surface area contributed by atoms with E-state index in [0.717, 1.165) is 0 Å². The Morgan fingerprint density at radius 3 is 2.67 bits per heavy atom. The molecule has 0 aliphatic carbocycles. The minimum Gasteiger partial charge on any atom is -0.377 e. The molecular weight excluding hydrogens is 288 g/mol. The van der Waals surface area contributed by atoms with Gasteiger partial charge in [0.1, 0.15) is 5.82 Å². The first-order valence-electron chi connectivity index (χ1n) is 7.08. The van der Waals surface area contributed by atoms with E-state index in [-0.39, 0.29) is 10.9 Å². The molecule has 1 unspecified atom stereocenters. The van der Waals surface area contributed by atoms with Crippen molar-refractivity contribution in [1.29, 1.82) is 0 Å². The molecule has 1 aromatic heterocycles. The summed E-state index contributed by atoms with van der Waals surface area (Å²) in [7, 11) is 1.64. The first kappa shape index (κ1) is 16.0. The van der Waals surface area contributed by atoms with E-state index in [9.17, 15) is 4.79 Å². The van der Waals surface area contributed by atoms with Gasteiger partial charge in [-0.15, -0.1) is 11.6 Å². The Labute approximate surface area is 129 Å². The van der Waals surface area contributed by atoms with Gasteiger partial charge in [-0.1, -0.05) is 19.1 Å². The molecule has 21 heavy (non-hydrogen) atoms. The third kappa shape index (κ3) is 3.27. The monoisotopic (exact) mass is 308 g/mol. The van der Waals surface area contributed by atoms with Crippen molar-refractivity contribution in [3.63, 3.8) is 0 Å². The predicted octanol–water partition coefficient (Wildman–Crippen LogP) is 3.51. The van der Waals surface area contributed by atoms with Crippen molar-refractivity contribution in [3.8, 4) is 0 Å². The molecule has 1 atom stereocenters. The maximum atomic E-state index is 12.8. The van der Waals surface area contributed by atoms with Gasteiger partial charge in [-0.2, -0.15) is 0 Å². The zero-order chi connectivity index (χ0) is 15.6. The molecule has 0 spiro atoms. The van der Waals surface area contributed by atoms with E-state index < -0.39 is 5.60 Å². The highest BCUT2D eigenvalue weighted by molar-refractivity contribution is 6.20. The highest BCUT2D eigenvalue weighted by Crippen LogP contribution is 2.24. The summed E-state index contributed by atoms with van der Waals surface area (Å²) >= 11 is 6.38. The van der Waals surface area contributed by atoms with Gasteiger partial charge in [0.15, 0.2) is 0 Å². The fraction of sp³-hybridized carbons (Fsp3) is 0.500. The zero-order valence-electron chi connectivity index (χ0n) is 12.9. The third-order valence-electron chi connectivity index (χ3n) is 3.62. The number of benzene rings is 1. The third-order valence-corrected chi connectivity index (χ3v) is 4.13. The van der Waals surface area contributed by atoms with Crippen molar-refractivity contribution < 1.29 is 4.74 Å². The number of ether oxygens (including phenoxy) is 1. The molecule has 0 N–H and O–H groups in total. The fourth-order valence-electron chi connectivity index (χ4n) is 2.21. The van der Waals surface area contributed by atoms with Crippen molar-refractivity contribution in [2.45, 2.75) is 44.7 Å². The summed E-state index contributed by atoms with van der Waals surface area (Å²) in [6.45, 7) is 6.27. The number of fused-ring (bicyclic) bond motifs is 1. The number of alkyl halides is 1. The normalized spacial score (nSPS) is 13.6. The summed E-state index contributed by atoms with van der Waals surface area (Å²) in [5, 5.41) is 0.308. The average molecular weight is 309 g/mol. The second-order valence-corrected chi connectivity index (χ2v) is 6.24. The van der Waals surface area contributed by atoms with Crippen LogP contribution in [0.1, 0.15) is 38.4 Å². The molecule has 114 valence electrons. The van der Waals surface area contributed by atoms with Crippen LogP contribution in [0.2, 0.25) is 0 Å². The van der Waals surface area contributed by atoms with Crippen molar-refractivity contribution >= 4 is 22.5 Å². The molecule has 0 aliphatic heterocycles. The van der Waals surface area contributed by atoms with Gasteiger partial charge in [0, 0.05) is 7.11 Å². The van der Waals surface area contributed by atoms with Crippen LogP contribution in [-0.4, -0.2) is 22.3 Å². The van der Waals surface area contributed by atoms with Crippen LogP contribution in [0.4, 0.5) is 0 Å². The predicted molar refractivity (Wildman–Crippen MR) is 86.0 cm³/mol. The summed E-state index contributed by atoms with van der Waals surface area (Å²) in [4.78, 5) is 17.4. The standard InChI is InChI=1S/C16H21ClN2O2/c1-5-12(17)14-18-13-9-7-6-8-11(13)15(20)19(14)10-16(2,3)21-4/h6-9,12H,5,10H2,1-4H3. The van der Waals surface area contributed by atoms with Crippen LogP contribution in [0.3, 0.4) is 0 Å². The summed E-state index contributed by atoms with van der Waals surface area (Å²) in [6, 6.07) is 7.34. The Morgan fingerprint density at radius 2 is 2.05 bits per heavy atom. The van der Waals surface area contributed by atoms with E-state index in [1.807, 2.05) is 39.0 Å². The van der Waals surface area contributed by atoms with Gasteiger partial charge in [-0.05, 0) is 32.4 Å². The number of para-hydroxylation sites is 1. The highest BCUT2D eigenvalue weighted by Gasteiger charge is 2.23. The SMILES string of the molecule is CCC(Cl)c1nc2ccccc2c(=O)n1CC(C)(C)OC. The van der Waals surface area contributed by atoms with E-state index in [4.69, 9.17) is 16.3 Å². The molecule has 1 heterocycles. The maximum absolute atomic E-state index is 12.8. The number of hydrogen-bond acceptors (Lipinski definition) is 3. The molecule has 0 radical (unpaired) electrons. The first-order chi connectivity index (χ1) is 9.89. The van der Waals surface area contributed by atoms with Crippen molar-refractivity contribution in [2.75, 3.05) is 7.11 Å². The van der Waals surface area contributed by atoms with Gasteiger partial charge >= 0.3 is 0 Å².